The molecule has 1 aliphatic heterocycles. The number of anilines is 1. The van der Waals surface area contributed by atoms with Crippen LogP contribution in [0, 0.1) is 17.8 Å². The number of aromatic nitrogens is 1. The van der Waals surface area contributed by atoms with E-state index in [9.17, 15) is 14.7 Å². The SMILES string of the molecule is C#CCNC(=O)c1ccc(N2CCC(C)(C(=O)O)C2)nc1. The summed E-state index contributed by atoms with van der Waals surface area (Å²) in [6.45, 7) is 2.96. The van der Waals surface area contributed by atoms with Gasteiger partial charge >= 0.3 is 5.97 Å². The number of hydrogen-bond acceptors (Lipinski definition) is 4. The van der Waals surface area contributed by atoms with Crippen LogP contribution in [0.3, 0.4) is 0 Å². The third kappa shape index (κ3) is 3.14. The van der Waals surface area contributed by atoms with Crippen LogP contribution in [0.1, 0.15) is 23.7 Å². The van der Waals surface area contributed by atoms with Gasteiger partial charge in [-0.3, -0.25) is 9.59 Å². The van der Waals surface area contributed by atoms with Gasteiger partial charge in [0, 0.05) is 19.3 Å². The highest BCUT2D eigenvalue weighted by molar-refractivity contribution is 5.94. The van der Waals surface area contributed by atoms with Crippen LogP contribution < -0.4 is 10.2 Å². The number of amides is 1. The molecule has 0 aromatic carbocycles. The first-order valence-corrected chi connectivity index (χ1v) is 6.62. The summed E-state index contributed by atoms with van der Waals surface area (Å²) in [7, 11) is 0. The first-order chi connectivity index (χ1) is 9.96. The summed E-state index contributed by atoms with van der Waals surface area (Å²) in [5.41, 5.74) is -0.320. The average Bonchev–Trinajstić information content (AvgIpc) is 2.89. The maximum Gasteiger partial charge on any atom is 0.311 e. The molecule has 1 fully saturated rings. The maximum absolute atomic E-state index is 11.7. The van der Waals surface area contributed by atoms with E-state index in [1.165, 1.54) is 6.20 Å². The summed E-state index contributed by atoms with van der Waals surface area (Å²) >= 11 is 0. The zero-order chi connectivity index (χ0) is 15.5. The molecule has 1 aliphatic rings. The third-order valence-corrected chi connectivity index (χ3v) is 3.67. The van der Waals surface area contributed by atoms with Crippen LogP contribution in [0.4, 0.5) is 5.82 Å². The molecule has 0 bridgehead atoms. The van der Waals surface area contributed by atoms with E-state index in [1.54, 1.807) is 19.1 Å². The van der Waals surface area contributed by atoms with E-state index in [0.29, 0.717) is 30.9 Å². The van der Waals surface area contributed by atoms with Crippen LogP contribution in [-0.4, -0.2) is 41.6 Å². The van der Waals surface area contributed by atoms with Gasteiger partial charge in [-0.25, -0.2) is 4.98 Å². The van der Waals surface area contributed by atoms with E-state index in [1.807, 2.05) is 4.90 Å². The molecule has 110 valence electrons. The molecule has 1 atom stereocenters. The van der Waals surface area contributed by atoms with Crippen molar-refractivity contribution in [1.29, 1.82) is 0 Å². The molecule has 2 heterocycles. The minimum Gasteiger partial charge on any atom is -0.481 e. The summed E-state index contributed by atoms with van der Waals surface area (Å²) in [5, 5.41) is 11.8. The minimum absolute atomic E-state index is 0.170. The van der Waals surface area contributed by atoms with E-state index in [-0.39, 0.29) is 12.5 Å². The molecule has 1 aromatic rings. The number of aliphatic carboxylic acids is 1. The lowest BCUT2D eigenvalue weighted by Crippen LogP contribution is -2.32. The summed E-state index contributed by atoms with van der Waals surface area (Å²) in [4.78, 5) is 29.1. The number of carbonyl (C=O) groups excluding carboxylic acids is 1. The Bertz CT molecular complexity index is 591. The number of pyridine rings is 1. The Morgan fingerprint density at radius 1 is 1.57 bits per heavy atom. The molecule has 0 spiro atoms. The number of carboxylic acid groups (broad SMARTS) is 1. The van der Waals surface area contributed by atoms with Gasteiger partial charge < -0.3 is 15.3 Å². The molecule has 0 saturated carbocycles. The molecular formula is C15H17N3O3. The van der Waals surface area contributed by atoms with Crippen molar-refractivity contribution in [1.82, 2.24) is 10.3 Å². The van der Waals surface area contributed by atoms with Gasteiger partial charge in [-0.2, -0.15) is 0 Å². The lowest BCUT2D eigenvalue weighted by molar-refractivity contribution is -0.146. The lowest BCUT2D eigenvalue weighted by Gasteiger charge is -2.20. The predicted molar refractivity (Wildman–Crippen MR) is 78.0 cm³/mol. The molecule has 1 aromatic heterocycles. The van der Waals surface area contributed by atoms with Crippen molar-refractivity contribution in [2.24, 2.45) is 5.41 Å². The van der Waals surface area contributed by atoms with E-state index in [4.69, 9.17) is 6.42 Å². The fourth-order valence-electron chi connectivity index (χ4n) is 2.27. The Labute approximate surface area is 123 Å². The van der Waals surface area contributed by atoms with Crippen molar-refractivity contribution in [2.45, 2.75) is 13.3 Å². The number of carboxylic acids is 1. The summed E-state index contributed by atoms with van der Waals surface area (Å²) < 4.78 is 0. The minimum atomic E-state index is -0.796. The van der Waals surface area contributed by atoms with Crippen molar-refractivity contribution in [3.8, 4) is 12.3 Å². The second kappa shape index (κ2) is 5.83. The molecule has 1 saturated heterocycles. The zero-order valence-electron chi connectivity index (χ0n) is 11.8. The summed E-state index contributed by atoms with van der Waals surface area (Å²) in [6, 6.07) is 3.38. The van der Waals surface area contributed by atoms with Crippen LogP contribution in [0.15, 0.2) is 18.3 Å². The molecule has 2 rings (SSSR count). The van der Waals surface area contributed by atoms with Gasteiger partial charge in [-0.05, 0) is 25.5 Å². The average molecular weight is 287 g/mol. The smallest absolute Gasteiger partial charge is 0.311 e. The maximum atomic E-state index is 11.7. The number of hydrogen-bond donors (Lipinski definition) is 2. The molecule has 6 heteroatoms. The predicted octanol–water partition coefficient (Wildman–Crippen LogP) is 0.746. The fraction of sp³-hybridized carbons (Fsp3) is 0.400. The number of rotatable bonds is 4. The van der Waals surface area contributed by atoms with Gasteiger partial charge in [0.05, 0.1) is 17.5 Å². The van der Waals surface area contributed by atoms with E-state index >= 15 is 0 Å². The van der Waals surface area contributed by atoms with E-state index in [0.717, 1.165) is 0 Å². The number of nitrogens with zero attached hydrogens (tertiary/aromatic N) is 2. The van der Waals surface area contributed by atoms with E-state index in [2.05, 4.69) is 16.2 Å². The van der Waals surface area contributed by atoms with E-state index < -0.39 is 11.4 Å². The molecule has 2 N–H and O–H groups in total. The monoisotopic (exact) mass is 287 g/mol. The fourth-order valence-corrected chi connectivity index (χ4v) is 2.27. The lowest BCUT2D eigenvalue weighted by atomic mass is 9.90. The van der Waals surface area contributed by atoms with Gasteiger partial charge in [0.25, 0.3) is 5.91 Å². The number of nitrogens with one attached hydrogen (secondary N) is 1. The second-order valence-electron chi connectivity index (χ2n) is 5.33. The molecule has 0 radical (unpaired) electrons. The normalized spacial score (nSPS) is 20.9. The highest BCUT2D eigenvalue weighted by Gasteiger charge is 2.40. The standard InChI is InChI=1S/C15H17N3O3/c1-3-7-16-13(19)11-4-5-12(17-9-11)18-8-6-15(2,10-18)14(20)21/h1,4-5,9H,6-8,10H2,2H3,(H,16,19)(H,20,21). The van der Waals surface area contributed by atoms with Crippen molar-refractivity contribution in [3.05, 3.63) is 23.9 Å². The first-order valence-electron chi connectivity index (χ1n) is 6.62. The topological polar surface area (TPSA) is 82.5 Å². The molecule has 21 heavy (non-hydrogen) atoms. The Hall–Kier alpha value is -2.55. The highest BCUT2D eigenvalue weighted by atomic mass is 16.4. The quantitative estimate of drug-likeness (QED) is 0.798. The summed E-state index contributed by atoms with van der Waals surface area (Å²) in [5.74, 6) is 1.93. The van der Waals surface area contributed by atoms with Gasteiger partial charge in [-0.1, -0.05) is 5.92 Å². The highest BCUT2D eigenvalue weighted by Crippen LogP contribution is 2.32. The zero-order valence-corrected chi connectivity index (χ0v) is 11.8. The largest absolute Gasteiger partial charge is 0.481 e. The van der Waals surface area contributed by atoms with Crippen molar-refractivity contribution in [2.75, 3.05) is 24.5 Å². The van der Waals surface area contributed by atoms with Gasteiger partial charge in [0.15, 0.2) is 0 Å². The van der Waals surface area contributed by atoms with Gasteiger partial charge in [0.1, 0.15) is 5.82 Å². The Balaban J connectivity index is 2.05. The van der Waals surface area contributed by atoms with Crippen LogP contribution in [0.25, 0.3) is 0 Å². The van der Waals surface area contributed by atoms with Crippen LogP contribution in [0.2, 0.25) is 0 Å². The van der Waals surface area contributed by atoms with Crippen molar-refractivity contribution >= 4 is 17.7 Å². The van der Waals surface area contributed by atoms with Crippen LogP contribution >= 0.6 is 0 Å². The molecular weight excluding hydrogens is 270 g/mol. The van der Waals surface area contributed by atoms with Crippen LogP contribution in [0.5, 0.6) is 0 Å². The molecule has 1 amide bonds. The first kappa shape index (κ1) is 14.9. The second-order valence-corrected chi connectivity index (χ2v) is 5.33. The van der Waals surface area contributed by atoms with Gasteiger partial charge in [0.2, 0.25) is 0 Å². The van der Waals surface area contributed by atoms with Crippen molar-refractivity contribution < 1.29 is 14.7 Å². The summed E-state index contributed by atoms with van der Waals surface area (Å²) in [6.07, 6.45) is 7.12. The number of carbonyl (C=O) groups is 2. The van der Waals surface area contributed by atoms with Crippen LogP contribution in [-0.2, 0) is 4.79 Å². The Morgan fingerprint density at radius 2 is 2.33 bits per heavy atom. The number of terminal acetylenes is 1. The molecule has 6 nitrogen and oxygen atoms in total. The third-order valence-electron chi connectivity index (χ3n) is 3.67. The molecule has 1 unspecified atom stereocenters. The molecule has 0 aliphatic carbocycles. The Morgan fingerprint density at radius 3 is 2.86 bits per heavy atom. The van der Waals surface area contributed by atoms with Crippen molar-refractivity contribution in [3.63, 3.8) is 0 Å². The Kier molecular flexibility index (Phi) is 4.13. The van der Waals surface area contributed by atoms with Gasteiger partial charge in [-0.15, -0.1) is 6.42 Å².